The molecule has 114 valence electrons. The van der Waals surface area contributed by atoms with Gasteiger partial charge in [0.05, 0.1) is 6.54 Å². The van der Waals surface area contributed by atoms with Crippen molar-refractivity contribution in [3.63, 3.8) is 0 Å². The number of nitrogens with one attached hydrogen (secondary N) is 1. The molecule has 0 saturated carbocycles. The molecule has 1 unspecified atom stereocenters. The zero-order chi connectivity index (χ0) is 15.1. The van der Waals surface area contributed by atoms with Gasteiger partial charge in [0.25, 0.3) is 0 Å². The molecule has 1 saturated heterocycles. The Morgan fingerprint density at radius 2 is 1.90 bits per heavy atom. The molecular weight excluding hydrogens is 347 g/mol. The fourth-order valence-corrected chi connectivity index (χ4v) is 3.26. The Balaban J connectivity index is 1.97. The van der Waals surface area contributed by atoms with Gasteiger partial charge in [0.1, 0.15) is 0 Å². The van der Waals surface area contributed by atoms with Crippen LogP contribution in [0.1, 0.15) is 12.0 Å². The van der Waals surface area contributed by atoms with Gasteiger partial charge in [-0.25, -0.2) is 0 Å². The van der Waals surface area contributed by atoms with Gasteiger partial charge in [-0.05, 0) is 17.7 Å². The molecule has 2 heterocycles. The first-order valence-electron chi connectivity index (χ1n) is 6.78. The molecular formula is C14H15BrF3N3. The van der Waals surface area contributed by atoms with Gasteiger partial charge in [-0.3, -0.25) is 15.2 Å². The lowest BCUT2D eigenvalue weighted by Crippen LogP contribution is -2.62. The first-order valence-corrected chi connectivity index (χ1v) is 7.58. The maximum Gasteiger partial charge on any atom is 0.420 e. The molecule has 0 radical (unpaired) electrons. The summed E-state index contributed by atoms with van der Waals surface area (Å²) in [6, 6.07) is 7.25. The third-order valence-electron chi connectivity index (χ3n) is 4.08. The Hall–Kier alpha value is -0.920. The molecule has 3 rings (SSSR count). The molecule has 0 bridgehead atoms. The summed E-state index contributed by atoms with van der Waals surface area (Å²) in [5.74, 6) is 0. The first kappa shape index (κ1) is 15.0. The van der Waals surface area contributed by atoms with Crippen LogP contribution in [0.3, 0.4) is 0 Å². The predicted octanol–water partition coefficient (Wildman–Crippen LogP) is 2.81. The van der Waals surface area contributed by atoms with Gasteiger partial charge < -0.3 is 0 Å². The lowest BCUT2D eigenvalue weighted by atomic mass is 9.96. The molecule has 2 aliphatic rings. The molecule has 0 amide bonds. The maximum absolute atomic E-state index is 13.7. The Morgan fingerprint density at radius 3 is 2.57 bits per heavy atom. The van der Waals surface area contributed by atoms with Crippen molar-refractivity contribution in [2.75, 3.05) is 26.2 Å². The molecule has 7 heteroatoms. The molecule has 2 aliphatic heterocycles. The molecule has 0 spiro atoms. The monoisotopic (exact) mass is 361 g/mol. The SMILES string of the molecule is FC(F)(F)C12CC(c3ccc(Br)cc3)=NCCN1CCN2. The summed E-state index contributed by atoms with van der Waals surface area (Å²) in [6.45, 7) is 1.48. The highest BCUT2D eigenvalue weighted by Crippen LogP contribution is 2.40. The Kier molecular flexibility index (Phi) is 3.83. The van der Waals surface area contributed by atoms with Gasteiger partial charge in [-0.15, -0.1) is 0 Å². The zero-order valence-electron chi connectivity index (χ0n) is 11.3. The molecule has 0 aromatic heterocycles. The van der Waals surface area contributed by atoms with Crippen molar-refractivity contribution in [3.8, 4) is 0 Å². The van der Waals surface area contributed by atoms with E-state index in [-0.39, 0.29) is 6.42 Å². The van der Waals surface area contributed by atoms with E-state index in [0.29, 0.717) is 31.9 Å². The Morgan fingerprint density at radius 1 is 1.19 bits per heavy atom. The van der Waals surface area contributed by atoms with Crippen LogP contribution in [-0.2, 0) is 0 Å². The van der Waals surface area contributed by atoms with Crippen LogP contribution < -0.4 is 5.32 Å². The molecule has 21 heavy (non-hydrogen) atoms. The van der Waals surface area contributed by atoms with E-state index < -0.39 is 11.8 Å². The third kappa shape index (κ3) is 2.62. The number of halogens is 4. The number of fused-ring (bicyclic) bond motifs is 1. The van der Waals surface area contributed by atoms with Crippen LogP contribution in [0, 0.1) is 0 Å². The average Bonchev–Trinajstić information content (AvgIpc) is 2.74. The highest BCUT2D eigenvalue weighted by atomic mass is 79.9. The molecule has 1 aromatic carbocycles. The van der Waals surface area contributed by atoms with Gasteiger partial charge in [0.2, 0.25) is 0 Å². The highest BCUT2D eigenvalue weighted by Gasteiger charge is 2.61. The van der Waals surface area contributed by atoms with Crippen LogP contribution >= 0.6 is 15.9 Å². The van der Waals surface area contributed by atoms with Gasteiger partial charge in [-0.2, -0.15) is 13.2 Å². The molecule has 1 N–H and O–H groups in total. The molecule has 0 aliphatic carbocycles. The lowest BCUT2D eigenvalue weighted by molar-refractivity contribution is -0.227. The fraction of sp³-hybridized carbons (Fsp3) is 0.500. The summed E-state index contributed by atoms with van der Waals surface area (Å²) in [7, 11) is 0. The van der Waals surface area contributed by atoms with Gasteiger partial charge >= 0.3 is 6.18 Å². The van der Waals surface area contributed by atoms with Crippen LogP contribution in [-0.4, -0.2) is 48.6 Å². The minimum absolute atomic E-state index is 0.155. The first-order chi connectivity index (χ1) is 9.92. The van der Waals surface area contributed by atoms with Crippen LogP contribution in [0.4, 0.5) is 13.2 Å². The second-order valence-corrected chi connectivity index (χ2v) is 6.20. The van der Waals surface area contributed by atoms with E-state index in [1.54, 1.807) is 12.1 Å². The number of alkyl halides is 3. The largest absolute Gasteiger partial charge is 0.420 e. The Labute approximate surface area is 129 Å². The van der Waals surface area contributed by atoms with E-state index in [0.717, 1.165) is 10.0 Å². The van der Waals surface area contributed by atoms with Gasteiger partial charge in [0.15, 0.2) is 5.66 Å². The van der Waals surface area contributed by atoms with Crippen molar-refractivity contribution in [1.29, 1.82) is 0 Å². The van der Waals surface area contributed by atoms with E-state index in [2.05, 4.69) is 26.2 Å². The van der Waals surface area contributed by atoms with Gasteiger partial charge in [0, 0.05) is 36.2 Å². The summed E-state index contributed by atoms with van der Waals surface area (Å²) in [4.78, 5) is 5.86. The standard InChI is InChI=1S/C14H15BrF3N3/c15-11-3-1-10(2-4-11)12-9-13(14(16,17)18)20-6-8-21(13)7-5-19-12/h1-4,20H,5-9H2. The maximum atomic E-state index is 13.7. The molecule has 3 nitrogen and oxygen atoms in total. The summed E-state index contributed by atoms with van der Waals surface area (Å²) in [5.41, 5.74) is -0.718. The normalized spacial score (nSPS) is 27.1. The lowest BCUT2D eigenvalue weighted by Gasteiger charge is -2.38. The van der Waals surface area contributed by atoms with Crippen molar-refractivity contribution >= 4 is 21.6 Å². The van der Waals surface area contributed by atoms with E-state index in [4.69, 9.17) is 0 Å². The van der Waals surface area contributed by atoms with Crippen molar-refractivity contribution in [3.05, 3.63) is 34.3 Å². The molecule has 1 aromatic rings. The Bertz CT molecular complexity index is 556. The van der Waals surface area contributed by atoms with Crippen molar-refractivity contribution in [2.45, 2.75) is 18.3 Å². The average molecular weight is 362 g/mol. The minimum atomic E-state index is -4.33. The number of hydrogen-bond acceptors (Lipinski definition) is 3. The molecule has 1 fully saturated rings. The topological polar surface area (TPSA) is 27.6 Å². The summed E-state index contributed by atoms with van der Waals surface area (Å²) in [5, 5.41) is 2.67. The van der Waals surface area contributed by atoms with Gasteiger partial charge in [-0.1, -0.05) is 28.1 Å². The molecule has 1 atom stereocenters. The van der Waals surface area contributed by atoms with Crippen molar-refractivity contribution < 1.29 is 13.2 Å². The van der Waals surface area contributed by atoms with Crippen LogP contribution in [0.15, 0.2) is 33.7 Å². The second-order valence-electron chi connectivity index (χ2n) is 5.28. The van der Waals surface area contributed by atoms with Crippen LogP contribution in [0.5, 0.6) is 0 Å². The second kappa shape index (κ2) is 5.37. The van der Waals surface area contributed by atoms with Crippen molar-refractivity contribution in [1.82, 2.24) is 10.2 Å². The summed E-state index contributed by atoms with van der Waals surface area (Å²) in [6.07, 6.45) is -4.48. The van der Waals surface area contributed by atoms with E-state index in [9.17, 15) is 13.2 Å². The fourth-order valence-electron chi connectivity index (χ4n) is 3.00. The zero-order valence-corrected chi connectivity index (χ0v) is 12.8. The smallest absolute Gasteiger partial charge is 0.290 e. The number of nitrogens with zero attached hydrogens (tertiary/aromatic N) is 2. The van der Waals surface area contributed by atoms with E-state index in [1.807, 2.05) is 12.1 Å². The van der Waals surface area contributed by atoms with E-state index in [1.165, 1.54) is 4.90 Å². The minimum Gasteiger partial charge on any atom is -0.290 e. The van der Waals surface area contributed by atoms with Crippen LogP contribution in [0.2, 0.25) is 0 Å². The number of aliphatic imine (C=N–C) groups is 1. The summed E-state index contributed by atoms with van der Waals surface area (Å²) >= 11 is 3.33. The summed E-state index contributed by atoms with van der Waals surface area (Å²) < 4.78 is 41.9. The number of benzene rings is 1. The predicted molar refractivity (Wildman–Crippen MR) is 78.5 cm³/mol. The highest BCUT2D eigenvalue weighted by molar-refractivity contribution is 9.10. The third-order valence-corrected chi connectivity index (χ3v) is 4.61. The number of rotatable bonds is 1. The van der Waals surface area contributed by atoms with E-state index >= 15 is 0 Å². The number of hydrogen-bond donors (Lipinski definition) is 1. The quantitative estimate of drug-likeness (QED) is 0.832. The van der Waals surface area contributed by atoms with Crippen molar-refractivity contribution in [2.24, 2.45) is 4.99 Å². The van der Waals surface area contributed by atoms with Crippen LogP contribution in [0.25, 0.3) is 0 Å².